The molecule has 0 bridgehead atoms. The van der Waals surface area contributed by atoms with Crippen LogP contribution in [0.25, 0.3) is 21.9 Å². The first kappa shape index (κ1) is 27.7. The molecule has 1 fully saturated rings. The number of carbonyl (C=O) groups excluding carboxylic acids is 2. The number of benzene rings is 2. The Morgan fingerprint density at radius 1 is 1.05 bits per heavy atom. The van der Waals surface area contributed by atoms with Crippen LogP contribution in [0.3, 0.4) is 0 Å². The van der Waals surface area contributed by atoms with Gasteiger partial charge in [0.05, 0.1) is 45.3 Å². The molecule has 1 aliphatic carbocycles. The fourth-order valence-corrected chi connectivity index (χ4v) is 5.70. The number of aromatic amines is 1. The summed E-state index contributed by atoms with van der Waals surface area (Å²) in [7, 11) is 0. The molecule has 1 unspecified atom stereocenters. The fraction of sp³-hybridized carbons (Fsp3) is 0.222. The van der Waals surface area contributed by atoms with E-state index in [4.69, 9.17) is 28.9 Å². The van der Waals surface area contributed by atoms with Gasteiger partial charge in [-0.3, -0.25) is 9.59 Å². The third kappa shape index (κ3) is 4.75. The molecule has 8 N–H and O–H groups in total. The number of imidazole rings is 1. The van der Waals surface area contributed by atoms with Crippen molar-refractivity contribution < 1.29 is 24.9 Å². The molecule has 0 aliphatic heterocycles. The number of halogens is 2. The van der Waals surface area contributed by atoms with Crippen LogP contribution in [0.4, 0.5) is 11.5 Å². The largest absolute Gasteiger partial charge is 0.494 e. The van der Waals surface area contributed by atoms with E-state index in [-0.39, 0.29) is 39.4 Å². The van der Waals surface area contributed by atoms with Gasteiger partial charge >= 0.3 is 0 Å². The predicted molar refractivity (Wildman–Crippen MR) is 156 cm³/mol. The normalized spacial score (nSPS) is 20.3. The molecule has 1 saturated carbocycles. The molecule has 13 nitrogen and oxygen atoms in total. The Hall–Kier alpha value is -4.43. The monoisotopic (exact) mass is 610 g/mol. The Labute approximate surface area is 247 Å². The number of nitrogens with two attached hydrogens (primary N) is 1. The maximum absolute atomic E-state index is 13.3. The van der Waals surface area contributed by atoms with E-state index in [0.29, 0.717) is 34.0 Å². The quantitative estimate of drug-likeness (QED) is 0.151. The number of aliphatic hydroxyl groups excluding tert-OH is 2. The van der Waals surface area contributed by atoms with Crippen LogP contribution in [0.5, 0.6) is 5.88 Å². The summed E-state index contributed by atoms with van der Waals surface area (Å²) in [5, 5.41) is 38.3. The summed E-state index contributed by atoms with van der Waals surface area (Å²) in [6.45, 7) is -0.0133. The van der Waals surface area contributed by atoms with Crippen LogP contribution >= 0.6 is 23.2 Å². The number of hydrogen-bond donors (Lipinski definition) is 7. The highest BCUT2D eigenvalue weighted by molar-refractivity contribution is 6.42. The van der Waals surface area contributed by atoms with Gasteiger partial charge in [0, 0.05) is 29.4 Å². The highest BCUT2D eigenvalue weighted by Gasteiger charge is 2.43. The summed E-state index contributed by atoms with van der Waals surface area (Å²) in [5.41, 5.74) is 7.00. The molecule has 1 aliphatic rings. The molecule has 2 aromatic carbocycles. The molecule has 0 radical (unpaired) electrons. The minimum Gasteiger partial charge on any atom is -0.494 e. The molecule has 216 valence electrons. The Bertz CT molecular complexity index is 1860. The lowest BCUT2D eigenvalue weighted by Gasteiger charge is -2.18. The number of rotatable bonds is 6. The second-order valence-corrected chi connectivity index (χ2v) is 10.8. The molecule has 2 amide bonds. The fourth-order valence-electron chi connectivity index (χ4n) is 5.38. The number of hydrogen-bond acceptors (Lipinski definition) is 9. The maximum atomic E-state index is 13.3. The molecular weight excluding hydrogens is 587 g/mol. The summed E-state index contributed by atoms with van der Waals surface area (Å²) >= 11 is 12.4. The minimum absolute atomic E-state index is 0.0133. The van der Waals surface area contributed by atoms with Crippen LogP contribution in [0.15, 0.2) is 49.2 Å². The average molecular weight is 611 g/mol. The first-order valence-electron chi connectivity index (χ1n) is 12.8. The zero-order valence-corrected chi connectivity index (χ0v) is 23.1. The summed E-state index contributed by atoms with van der Waals surface area (Å²) in [6, 6.07) is 7.01. The number of H-pyrrole nitrogens is 1. The SMILES string of the molecule is Nc1ncnc2c1ncn2[C@@H]1CC(CNC(=O)c2cc(Cl)c(Cl)cc2C(=O)Nc2cccc3c(O)[nH]cc23)[C@@H](O)[C@H]1O. The van der Waals surface area contributed by atoms with Crippen molar-refractivity contribution in [1.82, 2.24) is 29.8 Å². The average Bonchev–Trinajstić information content (AvgIpc) is 3.65. The second-order valence-electron chi connectivity index (χ2n) is 10.0. The lowest BCUT2D eigenvalue weighted by atomic mass is 10.0. The maximum Gasteiger partial charge on any atom is 0.256 e. The molecule has 6 rings (SSSR count). The van der Waals surface area contributed by atoms with Crippen LogP contribution in [-0.4, -0.2) is 70.4 Å². The lowest BCUT2D eigenvalue weighted by Crippen LogP contribution is -2.36. The standard InChI is InChI=1S/C27H24Cl2N8O5/c28-16-5-13(14(6-17(16)29)27(42)36-18-3-1-2-12-15(18)8-32-25(12)40)26(41)31-7-11-4-19(22(39)21(11)38)37-10-35-20-23(30)33-9-34-24(20)37/h1-3,5-6,8-11,19,21-22,32,38-40H,4,7H2,(H,31,41)(H,36,42)(H2,30,33,34)/t11?,19-,21-,22+/m1/s1. The van der Waals surface area contributed by atoms with Crippen molar-refractivity contribution in [2.24, 2.45) is 5.92 Å². The van der Waals surface area contributed by atoms with Gasteiger partial charge in [-0.1, -0.05) is 29.3 Å². The van der Waals surface area contributed by atoms with Crippen LogP contribution in [0.1, 0.15) is 33.2 Å². The number of anilines is 2. The van der Waals surface area contributed by atoms with Gasteiger partial charge < -0.3 is 41.2 Å². The van der Waals surface area contributed by atoms with Crippen molar-refractivity contribution in [2.45, 2.75) is 24.7 Å². The zero-order valence-electron chi connectivity index (χ0n) is 21.6. The van der Waals surface area contributed by atoms with Crippen LogP contribution < -0.4 is 16.4 Å². The number of aromatic hydroxyl groups is 1. The van der Waals surface area contributed by atoms with E-state index < -0.39 is 36.0 Å². The minimum atomic E-state index is -1.17. The molecule has 15 heteroatoms. The van der Waals surface area contributed by atoms with Gasteiger partial charge in [0.2, 0.25) is 0 Å². The van der Waals surface area contributed by atoms with E-state index >= 15 is 0 Å². The number of carbonyl (C=O) groups is 2. The highest BCUT2D eigenvalue weighted by atomic mass is 35.5. The van der Waals surface area contributed by atoms with E-state index in [1.54, 1.807) is 29.0 Å². The van der Waals surface area contributed by atoms with E-state index in [1.807, 2.05) is 0 Å². The molecule has 5 aromatic rings. The van der Waals surface area contributed by atoms with Gasteiger partial charge in [-0.2, -0.15) is 0 Å². The zero-order chi connectivity index (χ0) is 29.7. The molecule has 3 aromatic heterocycles. The van der Waals surface area contributed by atoms with Gasteiger partial charge in [0.1, 0.15) is 17.9 Å². The topological polar surface area (TPSA) is 204 Å². The van der Waals surface area contributed by atoms with Gasteiger partial charge in [0.15, 0.2) is 17.3 Å². The Morgan fingerprint density at radius 3 is 2.55 bits per heavy atom. The van der Waals surface area contributed by atoms with Gasteiger partial charge in [-0.05, 0) is 30.7 Å². The van der Waals surface area contributed by atoms with Gasteiger partial charge in [-0.15, -0.1) is 0 Å². The van der Waals surface area contributed by atoms with Crippen LogP contribution in [-0.2, 0) is 0 Å². The number of aliphatic hydroxyl groups is 2. The van der Waals surface area contributed by atoms with Crippen LogP contribution in [0, 0.1) is 5.92 Å². The second kappa shape index (κ2) is 10.8. The molecule has 4 atom stereocenters. The Balaban J connectivity index is 1.20. The highest BCUT2D eigenvalue weighted by Crippen LogP contribution is 2.37. The van der Waals surface area contributed by atoms with Crippen molar-refractivity contribution in [3.63, 3.8) is 0 Å². The third-order valence-electron chi connectivity index (χ3n) is 7.55. The third-order valence-corrected chi connectivity index (χ3v) is 8.28. The number of nitrogens with zero attached hydrogens (tertiary/aromatic N) is 4. The number of nitrogens with one attached hydrogen (secondary N) is 3. The summed E-state index contributed by atoms with van der Waals surface area (Å²) in [5.74, 6) is -1.65. The molecule has 3 heterocycles. The predicted octanol–water partition coefficient (Wildman–Crippen LogP) is 2.87. The first-order valence-corrected chi connectivity index (χ1v) is 13.6. The van der Waals surface area contributed by atoms with E-state index in [2.05, 4.69) is 30.6 Å². The van der Waals surface area contributed by atoms with Gasteiger partial charge in [0.25, 0.3) is 11.8 Å². The number of nitrogen functional groups attached to an aromatic ring is 1. The molecule has 0 saturated heterocycles. The Kier molecular flexibility index (Phi) is 7.10. The number of fused-ring (bicyclic) bond motifs is 2. The molecule has 0 spiro atoms. The molecule has 42 heavy (non-hydrogen) atoms. The van der Waals surface area contributed by atoms with Crippen LogP contribution in [0.2, 0.25) is 10.0 Å². The van der Waals surface area contributed by atoms with E-state index in [0.717, 1.165) is 0 Å². The Morgan fingerprint density at radius 2 is 1.79 bits per heavy atom. The van der Waals surface area contributed by atoms with Crippen molar-refractivity contribution in [1.29, 1.82) is 0 Å². The molecular formula is C27H24Cl2N8O5. The lowest BCUT2D eigenvalue weighted by molar-refractivity contribution is 0.00693. The van der Waals surface area contributed by atoms with E-state index in [1.165, 1.54) is 24.8 Å². The van der Waals surface area contributed by atoms with Crippen molar-refractivity contribution in [3.05, 3.63) is 70.4 Å². The number of amides is 2. The summed E-state index contributed by atoms with van der Waals surface area (Å²) < 4.78 is 1.63. The number of aromatic nitrogens is 5. The van der Waals surface area contributed by atoms with Crippen molar-refractivity contribution in [2.75, 3.05) is 17.6 Å². The van der Waals surface area contributed by atoms with E-state index in [9.17, 15) is 24.9 Å². The van der Waals surface area contributed by atoms with Gasteiger partial charge in [-0.25, -0.2) is 15.0 Å². The first-order chi connectivity index (χ1) is 20.1. The smallest absolute Gasteiger partial charge is 0.256 e. The summed E-state index contributed by atoms with van der Waals surface area (Å²) in [6.07, 6.45) is 2.28. The van der Waals surface area contributed by atoms with Crippen molar-refractivity contribution in [3.8, 4) is 5.88 Å². The van der Waals surface area contributed by atoms with Crippen molar-refractivity contribution >= 4 is 68.5 Å². The summed E-state index contributed by atoms with van der Waals surface area (Å²) in [4.78, 5) is 41.7.